The number of amides is 3. The summed E-state index contributed by atoms with van der Waals surface area (Å²) in [5.74, 6) is -2.01. The molecule has 10 heteroatoms. The summed E-state index contributed by atoms with van der Waals surface area (Å²) in [5.41, 5.74) is 3.17. The Morgan fingerprint density at radius 2 is 1.87 bits per heavy atom. The maximum atomic E-state index is 12.7. The number of ether oxygens (including phenoxy) is 2. The van der Waals surface area contributed by atoms with Crippen LogP contribution in [0.2, 0.25) is 0 Å². The minimum absolute atomic E-state index is 0.0339. The zero-order chi connectivity index (χ0) is 22.2. The van der Waals surface area contributed by atoms with Crippen molar-refractivity contribution in [2.45, 2.75) is 0 Å². The van der Waals surface area contributed by atoms with Crippen molar-refractivity contribution in [2.24, 2.45) is 5.10 Å². The number of hydrogen-bond acceptors (Lipinski definition) is 7. The van der Waals surface area contributed by atoms with E-state index in [1.54, 1.807) is 35.2 Å². The molecule has 1 aliphatic heterocycles. The molecule has 31 heavy (non-hydrogen) atoms. The summed E-state index contributed by atoms with van der Waals surface area (Å²) in [6.45, 7) is 1.82. The predicted octanol–water partition coefficient (Wildman–Crippen LogP) is 0.962. The minimum Gasteiger partial charge on any atom is -0.504 e. The number of morpholine rings is 1. The number of phenols is 1. The van der Waals surface area contributed by atoms with E-state index >= 15 is 0 Å². The van der Waals surface area contributed by atoms with Crippen molar-refractivity contribution in [3.8, 4) is 11.5 Å². The predicted molar refractivity (Wildman–Crippen MR) is 112 cm³/mol. The maximum absolute atomic E-state index is 12.7. The van der Waals surface area contributed by atoms with E-state index in [2.05, 4.69) is 15.8 Å². The Labute approximate surface area is 178 Å². The molecule has 0 radical (unpaired) electrons. The van der Waals surface area contributed by atoms with E-state index in [1.165, 1.54) is 25.5 Å². The van der Waals surface area contributed by atoms with Crippen molar-refractivity contribution in [3.05, 3.63) is 53.6 Å². The minimum atomic E-state index is -1.00. The van der Waals surface area contributed by atoms with Crippen LogP contribution in [0.15, 0.2) is 47.6 Å². The number of nitrogens with one attached hydrogen (secondary N) is 2. The first-order chi connectivity index (χ1) is 15.0. The second-order valence-corrected chi connectivity index (χ2v) is 6.53. The summed E-state index contributed by atoms with van der Waals surface area (Å²) in [4.78, 5) is 38.7. The van der Waals surface area contributed by atoms with Gasteiger partial charge >= 0.3 is 11.8 Å². The van der Waals surface area contributed by atoms with Gasteiger partial charge in [-0.3, -0.25) is 14.4 Å². The van der Waals surface area contributed by atoms with Crippen LogP contribution in [0.5, 0.6) is 11.5 Å². The van der Waals surface area contributed by atoms with Gasteiger partial charge in [-0.05, 0) is 35.9 Å². The third kappa shape index (κ3) is 5.58. The molecule has 3 amide bonds. The first-order valence-electron chi connectivity index (χ1n) is 9.47. The number of methoxy groups -OCH3 is 1. The monoisotopic (exact) mass is 426 g/mol. The number of hydrazone groups is 1. The Bertz CT molecular complexity index is 1000. The number of anilines is 1. The highest BCUT2D eigenvalue weighted by Gasteiger charge is 2.22. The molecular weight excluding hydrogens is 404 g/mol. The number of carbonyl (C=O) groups is 3. The lowest BCUT2D eigenvalue weighted by molar-refractivity contribution is -0.136. The molecule has 1 fully saturated rings. The molecule has 162 valence electrons. The highest BCUT2D eigenvalue weighted by Crippen LogP contribution is 2.25. The van der Waals surface area contributed by atoms with E-state index in [0.717, 1.165) is 0 Å². The van der Waals surface area contributed by atoms with Gasteiger partial charge in [0.15, 0.2) is 11.5 Å². The van der Waals surface area contributed by atoms with Crippen LogP contribution in [0, 0.1) is 0 Å². The van der Waals surface area contributed by atoms with Crippen LogP contribution in [0.1, 0.15) is 15.9 Å². The normalized spacial score (nSPS) is 13.6. The van der Waals surface area contributed by atoms with Crippen molar-refractivity contribution in [1.82, 2.24) is 10.3 Å². The molecule has 0 spiro atoms. The number of hydrogen-bond donors (Lipinski definition) is 3. The fourth-order valence-corrected chi connectivity index (χ4v) is 2.89. The Kier molecular flexibility index (Phi) is 7.17. The standard InChI is InChI=1S/C21H22N4O6/c1-30-18-12-14(6-7-17(18)26)13-22-24-20(28)19(27)23-16-5-3-2-4-15(16)21(29)25-8-10-31-11-9-25/h2-7,12-13,26H,8-11H2,1H3,(H,23,27)(H,24,28). The summed E-state index contributed by atoms with van der Waals surface area (Å²) in [7, 11) is 1.41. The molecule has 1 aliphatic rings. The summed E-state index contributed by atoms with van der Waals surface area (Å²) in [5, 5.41) is 15.8. The lowest BCUT2D eigenvalue weighted by Gasteiger charge is -2.27. The molecular formula is C21H22N4O6. The second-order valence-electron chi connectivity index (χ2n) is 6.53. The largest absolute Gasteiger partial charge is 0.504 e. The van der Waals surface area contributed by atoms with E-state index in [1.807, 2.05) is 0 Å². The number of aromatic hydroxyl groups is 1. The van der Waals surface area contributed by atoms with Gasteiger partial charge in [-0.1, -0.05) is 12.1 Å². The first kappa shape index (κ1) is 21.8. The topological polar surface area (TPSA) is 130 Å². The van der Waals surface area contributed by atoms with Gasteiger partial charge in [0.25, 0.3) is 5.91 Å². The maximum Gasteiger partial charge on any atom is 0.329 e. The fraction of sp³-hybridized carbons (Fsp3) is 0.238. The van der Waals surface area contributed by atoms with Crippen LogP contribution in [0.4, 0.5) is 5.69 Å². The van der Waals surface area contributed by atoms with E-state index in [-0.39, 0.29) is 28.7 Å². The lowest BCUT2D eigenvalue weighted by atomic mass is 10.1. The molecule has 0 saturated carbocycles. The van der Waals surface area contributed by atoms with Crippen LogP contribution < -0.4 is 15.5 Å². The van der Waals surface area contributed by atoms with Gasteiger partial charge in [-0.15, -0.1) is 0 Å². The highest BCUT2D eigenvalue weighted by atomic mass is 16.5. The Morgan fingerprint density at radius 1 is 1.13 bits per heavy atom. The molecule has 1 saturated heterocycles. The van der Waals surface area contributed by atoms with Crippen molar-refractivity contribution in [1.29, 1.82) is 0 Å². The number of rotatable bonds is 5. The van der Waals surface area contributed by atoms with Crippen LogP contribution in [-0.2, 0) is 14.3 Å². The number of carbonyl (C=O) groups excluding carboxylic acids is 3. The van der Waals surface area contributed by atoms with E-state index < -0.39 is 11.8 Å². The van der Waals surface area contributed by atoms with E-state index in [9.17, 15) is 19.5 Å². The summed E-state index contributed by atoms with van der Waals surface area (Å²) in [6, 6.07) is 10.9. The number of para-hydroxylation sites is 1. The van der Waals surface area contributed by atoms with Crippen molar-refractivity contribution in [2.75, 3.05) is 38.7 Å². The third-order valence-electron chi connectivity index (χ3n) is 4.49. The quantitative estimate of drug-likeness (QED) is 0.371. The summed E-state index contributed by atoms with van der Waals surface area (Å²) < 4.78 is 10.2. The summed E-state index contributed by atoms with van der Waals surface area (Å²) >= 11 is 0. The summed E-state index contributed by atoms with van der Waals surface area (Å²) in [6.07, 6.45) is 1.29. The molecule has 3 rings (SSSR count). The molecule has 0 unspecified atom stereocenters. The number of benzene rings is 2. The van der Waals surface area contributed by atoms with Gasteiger partial charge in [0.2, 0.25) is 0 Å². The molecule has 0 aliphatic carbocycles. The van der Waals surface area contributed by atoms with Gasteiger partial charge < -0.3 is 24.8 Å². The Balaban J connectivity index is 1.62. The van der Waals surface area contributed by atoms with Gasteiger partial charge in [0.1, 0.15) is 0 Å². The van der Waals surface area contributed by atoms with Crippen LogP contribution in [0.25, 0.3) is 0 Å². The van der Waals surface area contributed by atoms with Crippen LogP contribution in [0.3, 0.4) is 0 Å². The Morgan fingerprint density at radius 3 is 2.61 bits per heavy atom. The molecule has 0 bridgehead atoms. The zero-order valence-corrected chi connectivity index (χ0v) is 16.8. The number of nitrogens with zero attached hydrogens (tertiary/aromatic N) is 2. The molecule has 2 aromatic rings. The molecule has 3 N–H and O–H groups in total. The average Bonchev–Trinajstić information content (AvgIpc) is 2.80. The van der Waals surface area contributed by atoms with E-state index in [4.69, 9.17) is 9.47 Å². The lowest BCUT2D eigenvalue weighted by Crippen LogP contribution is -2.41. The number of phenolic OH excluding ortho intramolecular Hbond substituents is 1. The fourth-order valence-electron chi connectivity index (χ4n) is 2.89. The third-order valence-corrected chi connectivity index (χ3v) is 4.49. The molecule has 0 atom stereocenters. The SMILES string of the molecule is COc1cc(C=NNC(=O)C(=O)Nc2ccccc2C(=O)N2CCOCC2)ccc1O. The van der Waals surface area contributed by atoms with Gasteiger partial charge in [-0.25, -0.2) is 5.43 Å². The molecule has 10 nitrogen and oxygen atoms in total. The molecule has 0 aromatic heterocycles. The molecule has 1 heterocycles. The smallest absolute Gasteiger partial charge is 0.329 e. The molecule has 2 aromatic carbocycles. The van der Waals surface area contributed by atoms with Gasteiger partial charge in [0, 0.05) is 13.1 Å². The van der Waals surface area contributed by atoms with E-state index in [0.29, 0.717) is 31.9 Å². The highest BCUT2D eigenvalue weighted by molar-refractivity contribution is 6.40. The van der Waals surface area contributed by atoms with Crippen molar-refractivity contribution < 1.29 is 29.0 Å². The average molecular weight is 426 g/mol. The van der Waals surface area contributed by atoms with Gasteiger partial charge in [-0.2, -0.15) is 5.10 Å². The van der Waals surface area contributed by atoms with Crippen molar-refractivity contribution in [3.63, 3.8) is 0 Å². The second kappa shape index (κ2) is 10.2. The first-order valence-corrected chi connectivity index (χ1v) is 9.47. The van der Waals surface area contributed by atoms with Crippen LogP contribution >= 0.6 is 0 Å². The Hall–Kier alpha value is -3.92. The van der Waals surface area contributed by atoms with Crippen molar-refractivity contribution >= 4 is 29.6 Å². The van der Waals surface area contributed by atoms with Crippen LogP contribution in [-0.4, -0.2) is 67.4 Å². The zero-order valence-electron chi connectivity index (χ0n) is 16.8. The van der Waals surface area contributed by atoms with Gasteiger partial charge in [0.05, 0.1) is 37.8 Å².